The van der Waals surface area contributed by atoms with Crippen molar-refractivity contribution in [1.29, 1.82) is 0 Å². The minimum Gasteiger partial charge on any atom is -0.469 e. The summed E-state index contributed by atoms with van der Waals surface area (Å²) in [6, 6.07) is 3.25. The first-order valence-corrected chi connectivity index (χ1v) is 4.26. The van der Waals surface area contributed by atoms with Crippen molar-refractivity contribution in [1.82, 2.24) is 5.32 Å². The van der Waals surface area contributed by atoms with Crippen LogP contribution in [0.2, 0.25) is 0 Å². The van der Waals surface area contributed by atoms with Crippen LogP contribution in [0, 0.1) is 0 Å². The zero-order valence-electron chi connectivity index (χ0n) is 7.62. The second-order valence-electron chi connectivity index (χ2n) is 2.91. The van der Waals surface area contributed by atoms with Gasteiger partial charge in [0.1, 0.15) is 5.76 Å². The Balaban J connectivity index is 2.18. The molecule has 1 aromatic heterocycles. The number of rotatable bonds is 4. The second-order valence-corrected chi connectivity index (χ2v) is 2.91. The lowest BCUT2D eigenvalue weighted by Gasteiger charge is -2.05. The third kappa shape index (κ3) is 3.29. The quantitative estimate of drug-likeness (QED) is 0.703. The van der Waals surface area contributed by atoms with Gasteiger partial charge in [0, 0.05) is 13.0 Å². The van der Waals surface area contributed by atoms with E-state index in [1.807, 2.05) is 12.1 Å². The van der Waals surface area contributed by atoms with E-state index >= 15 is 0 Å². The van der Waals surface area contributed by atoms with E-state index in [0.29, 0.717) is 13.0 Å². The van der Waals surface area contributed by atoms with Crippen LogP contribution in [0.4, 0.5) is 0 Å². The van der Waals surface area contributed by atoms with Crippen LogP contribution >= 0.6 is 0 Å². The van der Waals surface area contributed by atoms with E-state index in [4.69, 9.17) is 10.2 Å². The van der Waals surface area contributed by atoms with Crippen LogP contribution in [-0.2, 0) is 11.2 Å². The number of nitrogens with one attached hydrogen (secondary N) is 1. The highest BCUT2D eigenvalue weighted by molar-refractivity contribution is 5.80. The molecule has 0 saturated carbocycles. The van der Waals surface area contributed by atoms with Gasteiger partial charge < -0.3 is 15.5 Å². The number of carbonyl (C=O) groups is 1. The summed E-state index contributed by atoms with van der Waals surface area (Å²) in [4.78, 5) is 11.0. The van der Waals surface area contributed by atoms with Crippen molar-refractivity contribution in [3.63, 3.8) is 0 Å². The Bertz CT molecular complexity index is 255. The summed E-state index contributed by atoms with van der Waals surface area (Å²) in [7, 11) is 0. The first-order chi connectivity index (χ1) is 6.20. The summed E-state index contributed by atoms with van der Waals surface area (Å²) >= 11 is 0. The second kappa shape index (κ2) is 4.67. The van der Waals surface area contributed by atoms with Crippen molar-refractivity contribution >= 4 is 5.91 Å². The number of hydrogen-bond acceptors (Lipinski definition) is 3. The molecule has 0 aliphatic rings. The van der Waals surface area contributed by atoms with Crippen LogP contribution in [0.25, 0.3) is 0 Å². The van der Waals surface area contributed by atoms with E-state index in [1.165, 1.54) is 0 Å². The molecule has 0 saturated heterocycles. The fourth-order valence-electron chi connectivity index (χ4n) is 0.925. The van der Waals surface area contributed by atoms with E-state index in [1.54, 1.807) is 13.2 Å². The molecule has 72 valence electrons. The van der Waals surface area contributed by atoms with Crippen molar-refractivity contribution in [2.24, 2.45) is 5.73 Å². The molecule has 3 N–H and O–H groups in total. The summed E-state index contributed by atoms with van der Waals surface area (Å²) in [6.07, 6.45) is 2.31. The lowest BCUT2D eigenvalue weighted by molar-refractivity contribution is -0.121. The molecule has 1 heterocycles. The normalized spacial score (nSPS) is 12.5. The minimum absolute atomic E-state index is 0.133. The fourth-order valence-corrected chi connectivity index (χ4v) is 0.925. The predicted octanol–water partition coefficient (Wildman–Crippen LogP) is 0.286. The molecule has 1 unspecified atom stereocenters. The van der Waals surface area contributed by atoms with E-state index in [0.717, 1.165) is 5.76 Å². The summed E-state index contributed by atoms with van der Waals surface area (Å²) in [6.45, 7) is 2.22. The number of carbonyl (C=O) groups excluding carboxylic acids is 1. The summed E-state index contributed by atoms with van der Waals surface area (Å²) in [5.41, 5.74) is 5.36. The van der Waals surface area contributed by atoms with Crippen molar-refractivity contribution in [2.45, 2.75) is 19.4 Å². The van der Waals surface area contributed by atoms with Gasteiger partial charge in [-0.2, -0.15) is 0 Å². The molecule has 4 nitrogen and oxygen atoms in total. The number of amides is 1. The van der Waals surface area contributed by atoms with Gasteiger partial charge in [0.2, 0.25) is 5.91 Å². The van der Waals surface area contributed by atoms with Crippen LogP contribution in [0.3, 0.4) is 0 Å². The van der Waals surface area contributed by atoms with Gasteiger partial charge in [0.25, 0.3) is 0 Å². The summed E-state index contributed by atoms with van der Waals surface area (Å²) in [5, 5.41) is 2.70. The number of hydrogen-bond donors (Lipinski definition) is 2. The van der Waals surface area contributed by atoms with E-state index < -0.39 is 6.04 Å². The Labute approximate surface area is 77.1 Å². The topological polar surface area (TPSA) is 68.3 Å². The smallest absolute Gasteiger partial charge is 0.236 e. The molecule has 1 rings (SSSR count). The molecule has 1 atom stereocenters. The molecular formula is C9H14N2O2. The molecule has 4 heteroatoms. The highest BCUT2D eigenvalue weighted by Gasteiger charge is 2.05. The molecule has 0 aliphatic carbocycles. The molecule has 0 bridgehead atoms. The van der Waals surface area contributed by atoms with E-state index in [-0.39, 0.29) is 5.91 Å². The third-order valence-electron chi connectivity index (χ3n) is 1.66. The summed E-state index contributed by atoms with van der Waals surface area (Å²) < 4.78 is 5.09. The first kappa shape index (κ1) is 9.80. The van der Waals surface area contributed by atoms with Crippen LogP contribution in [0.5, 0.6) is 0 Å². The largest absolute Gasteiger partial charge is 0.469 e. The van der Waals surface area contributed by atoms with Gasteiger partial charge in [-0.1, -0.05) is 0 Å². The van der Waals surface area contributed by atoms with Gasteiger partial charge in [-0.15, -0.1) is 0 Å². The van der Waals surface area contributed by atoms with Crippen LogP contribution in [0.1, 0.15) is 12.7 Å². The van der Waals surface area contributed by atoms with Crippen LogP contribution < -0.4 is 11.1 Å². The first-order valence-electron chi connectivity index (χ1n) is 4.26. The Hall–Kier alpha value is -1.29. The highest BCUT2D eigenvalue weighted by Crippen LogP contribution is 1.99. The van der Waals surface area contributed by atoms with Crippen molar-refractivity contribution in [3.05, 3.63) is 24.2 Å². The monoisotopic (exact) mass is 182 g/mol. The Morgan fingerprint density at radius 1 is 1.77 bits per heavy atom. The minimum atomic E-state index is -0.448. The van der Waals surface area contributed by atoms with Crippen molar-refractivity contribution in [2.75, 3.05) is 6.54 Å². The lowest BCUT2D eigenvalue weighted by Crippen LogP contribution is -2.39. The average molecular weight is 182 g/mol. The third-order valence-corrected chi connectivity index (χ3v) is 1.66. The molecular weight excluding hydrogens is 168 g/mol. The summed E-state index contributed by atoms with van der Waals surface area (Å²) in [5.74, 6) is 0.733. The number of nitrogens with two attached hydrogens (primary N) is 1. The van der Waals surface area contributed by atoms with Gasteiger partial charge in [-0.05, 0) is 19.1 Å². The lowest BCUT2D eigenvalue weighted by atomic mass is 10.3. The zero-order valence-corrected chi connectivity index (χ0v) is 7.62. The molecule has 1 amide bonds. The van der Waals surface area contributed by atoms with E-state index in [2.05, 4.69) is 5.32 Å². The van der Waals surface area contributed by atoms with Crippen molar-refractivity contribution in [3.8, 4) is 0 Å². The predicted molar refractivity (Wildman–Crippen MR) is 49.1 cm³/mol. The number of furan rings is 1. The van der Waals surface area contributed by atoms with Gasteiger partial charge in [-0.3, -0.25) is 4.79 Å². The Morgan fingerprint density at radius 3 is 3.08 bits per heavy atom. The Kier molecular flexibility index (Phi) is 3.52. The van der Waals surface area contributed by atoms with Gasteiger partial charge in [-0.25, -0.2) is 0 Å². The zero-order chi connectivity index (χ0) is 9.68. The van der Waals surface area contributed by atoms with Gasteiger partial charge in [0.05, 0.1) is 12.3 Å². The van der Waals surface area contributed by atoms with Crippen LogP contribution in [0.15, 0.2) is 22.8 Å². The van der Waals surface area contributed by atoms with Crippen molar-refractivity contribution < 1.29 is 9.21 Å². The average Bonchev–Trinajstić information content (AvgIpc) is 2.56. The molecule has 1 aromatic rings. The molecule has 13 heavy (non-hydrogen) atoms. The fraction of sp³-hybridized carbons (Fsp3) is 0.444. The molecule has 0 radical (unpaired) electrons. The van der Waals surface area contributed by atoms with Gasteiger partial charge >= 0.3 is 0 Å². The maximum Gasteiger partial charge on any atom is 0.236 e. The molecule has 0 spiro atoms. The van der Waals surface area contributed by atoms with Crippen LogP contribution in [-0.4, -0.2) is 18.5 Å². The van der Waals surface area contributed by atoms with Gasteiger partial charge in [0.15, 0.2) is 0 Å². The van der Waals surface area contributed by atoms with E-state index in [9.17, 15) is 4.79 Å². The standard InChI is InChI=1S/C9H14N2O2/c1-7(10)9(12)11-5-4-8-3-2-6-13-8/h2-3,6-7H,4-5,10H2,1H3,(H,11,12). The maximum absolute atomic E-state index is 11.0. The molecule has 0 aliphatic heterocycles. The SMILES string of the molecule is CC(N)C(=O)NCCc1ccco1. The molecule has 0 aromatic carbocycles. The highest BCUT2D eigenvalue weighted by atomic mass is 16.3. The molecule has 0 fully saturated rings. The Morgan fingerprint density at radius 2 is 2.54 bits per heavy atom. The maximum atomic E-state index is 11.0.